The maximum atomic E-state index is 13.5. The molecule has 0 heterocycles. The molecule has 0 saturated heterocycles. The van der Waals surface area contributed by atoms with E-state index in [9.17, 15) is 13.6 Å². The second-order valence-electron chi connectivity index (χ2n) is 4.85. The number of benzene rings is 1. The molecule has 0 radical (unpaired) electrons. The molecule has 1 unspecified atom stereocenters. The van der Waals surface area contributed by atoms with Crippen molar-refractivity contribution in [3.05, 3.63) is 29.3 Å². The molecule has 3 N–H and O–H groups in total. The van der Waals surface area contributed by atoms with Crippen molar-refractivity contribution in [2.24, 2.45) is 0 Å². The second kappa shape index (κ2) is 7.19. The smallest absolute Gasteiger partial charge is 0.254 e. The number of nitrogen functional groups attached to an aromatic ring is 1. The van der Waals surface area contributed by atoms with E-state index in [1.807, 2.05) is 7.05 Å². The molecule has 0 aliphatic rings. The number of hydrogen-bond donors (Lipinski definition) is 2. The van der Waals surface area contributed by atoms with Gasteiger partial charge in [0.15, 0.2) is 0 Å². The fraction of sp³-hybridized carbons (Fsp3) is 0.500. The summed E-state index contributed by atoms with van der Waals surface area (Å²) < 4.78 is 26.5. The third-order valence-electron chi connectivity index (χ3n) is 3.42. The lowest BCUT2D eigenvalue weighted by molar-refractivity contribution is 0.0943. The van der Waals surface area contributed by atoms with Gasteiger partial charge in [0, 0.05) is 25.2 Å². The number of halogens is 2. The lowest BCUT2D eigenvalue weighted by atomic mass is 10.1. The SMILES string of the molecule is CCC(C)N(C)CCNC(=O)c1cc(N)c(F)cc1F. The predicted octanol–water partition coefficient (Wildman–Crippen LogP) is 2.01. The second-order valence-corrected chi connectivity index (χ2v) is 4.85. The number of likely N-dealkylation sites (N-methyl/N-ethyl adjacent to an activating group) is 1. The summed E-state index contributed by atoms with van der Waals surface area (Å²) in [5.74, 6) is -2.37. The number of hydrogen-bond acceptors (Lipinski definition) is 3. The molecule has 0 aliphatic carbocycles. The van der Waals surface area contributed by atoms with Gasteiger partial charge >= 0.3 is 0 Å². The molecule has 0 bridgehead atoms. The highest BCUT2D eigenvalue weighted by molar-refractivity contribution is 5.95. The van der Waals surface area contributed by atoms with Crippen molar-refractivity contribution in [3.63, 3.8) is 0 Å². The van der Waals surface area contributed by atoms with Crippen molar-refractivity contribution in [2.75, 3.05) is 25.9 Å². The highest BCUT2D eigenvalue weighted by Gasteiger charge is 2.15. The van der Waals surface area contributed by atoms with Crippen LogP contribution in [0.3, 0.4) is 0 Å². The zero-order chi connectivity index (χ0) is 15.3. The first-order valence-electron chi connectivity index (χ1n) is 6.59. The minimum absolute atomic E-state index is 0.241. The van der Waals surface area contributed by atoms with Crippen LogP contribution in [-0.2, 0) is 0 Å². The molecule has 0 saturated carbocycles. The number of nitrogens with one attached hydrogen (secondary N) is 1. The highest BCUT2D eigenvalue weighted by atomic mass is 19.1. The van der Waals surface area contributed by atoms with Crippen LogP contribution in [0, 0.1) is 11.6 Å². The topological polar surface area (TPSA) is 58.4 Å². The van der Waals surface area contributed by atoms with Crippen LogP contribution in [-0.4, -0.2) is 37.0 Å². The van der Waals surface area contributed by atoms with Gasteiger partial charge in [-0.25, -0.2) is 8.78 Å². The standard InChI is InChI=1S/C14H21F2N3O/c1-4-9(2)19(3)6-5-18-14(20)10-7-13(17)12(16)8-11(10)15/h7-9H,4-6,17H2,1-3H3,(H,18,20). The van der Waals surface area contributed by atoms with Gasteiger partial charge in [0.1, 0.15) is 11.6 Å². The van der Waals surface area contributed by atoms with E-state index in [1.165, 1.54) is 0 Å². The van der Waals surface area contributed by atoms with Crippen LogP contribution in [0.4, 0.5) is 14.5 Å². The summed E-state index contributed by atoms with van der Waals surface area (Å²) in [7, 11) is 1.96. The Morgan fingerprint density at radius 3 is 2.65 bits per heavy atom. The van der Waals surface area contributed by atoms with Gasteiger partial charge < -0.3 is 16.0 Å². The number of amides is 1. The Labute approximate surface area is 117 Å². The van der Waals surface area contributed by atoms with Gasteiger partial charge in [-0.2, -0.15) is 0 Å². The van der Waals surface area contributed by atoms with Gasteiger partial charge in [-0.3, -0.25) is 4.79 Å². The van der Waals surface area contributed by atoms with E-state index in [4.69, 9.17) is 5.73 Å². The van der Waals surface area contributed by atoms with Crippen LogP contribution in [0.5, 0.6) is 0 Å². The lowest BCUT2D eigenvalue weighted by Gasteiger charge is -2.23. The number of rotatable bonds is 6. The van der Waals surface area contributed by atoms with Crippen LogP contribution in [0.2, 0.25) is 0 Å². The van der Waals surface area contributed by atoms with E-state index in [0.29, 0.717) is 25.2 Å². The molecule has 1 amide bonds. The van der Waals surface area contributed by atoms with Gasteiger partial charge in [0.25, 0.3) is 5.91 Å². The summed E-state index contributed by atoms with van der Waals surface area (Å²) in [5, 5.41) is 2.60. The summed E-state index contributed by atoms with van der Waals surface area (Å²) >= 11 is 0. The quantitative estimate of drug-likeness (QED) is 0.786. The largest absolute Gasteiger partial charge is 0.396 e. The van der Waals surface area contributed by atoms with Gasteiger partial charge in [-0.15, -0.1) is 0 Å². The fourth-order valence-corrected chi connectivity index (χ4v) is 1.71. The molecule has 1 rings (SSSR count). The number of nitrogens with two attached hydrogens (primary N) is 1. The molecule has 6 heteroatoms. The minimum atomic E-state index is -0.913. The molecule has 112 valence electrons. The normalized spacial score (nSPS) is 12.5. The van der Waals surface area contributed by atoms with Gasteiger partial charge in [0.05, 0.1) is 11.3 Å². The molecule has 0 aromatic heterocycles. The molecule has 4 nitrogen and oxygen atoms in total. The van der Waals surface area contributed by atoms with Crippen LogP contribution in [0.15, 0.2) is 12.1 Å². The van der Waals surface area contributed by atoms with Crippen molar-refractivity contribution in [1.82, 2.24) is 10.2 Å². The zero-order valence-electron chi connectivity index (χ0n) is 12.0. The van der Waals surface area contributed by atoms with E-state index in [1.54, 1.807) is 0 Å². The van der Waals surface area contributed by atoms with E-state index in [2.05, 4.69) is 24.1 Å². The van der Waals surface area contributed by atoms with Crippen molar-refractivity contribution in [3.8, 4) is 0 Å². The third kappa shape index (κ3) is 4.16. The van der Waals surface area contributed by atoms with Gasteiger partial charge in [0.2, 0.25) is 0 Å². The average Bonchev–Trinajstić information content (AvgIpc) is 2.41. The Balaban J connectivity index is 2.58. The zero-order valence-corrected chi connectivity index (χ0v) is 12.0. The van der Waals surface area contributed by atoms with Crippen LogP contribution >= 0.6 is 0 Å². The number of anilines is 1. The highest BCUT2D eigenvalue weighted by Crippen LogP contribution is 2.16. The molecule has 20 heavy (non-hydrogen) atoms. The van der Waals surface area contributed by atoms with E-state index in [-0.39, 0.29) is 11.3 Å². The van der Waals surface area contributed by atoms with E-state index in [0.717, 1.165) is 12.5 Å². The fourth-order valence-electron chi connectivity index (χ4n) is 1.71. The van der Waals surface area contributed by atoms with Crippen molar-refractivity contribution < 1.29 is 13.6 Å². The summed E-state index contributed by atoms with van der Waals surface area (Å²) in [5.41, 5.74) is 4.85. The van der Waals surface area contributed by atoms with E-state index < -0.39 is 17.5 Å². The van der Waals surface area contributed by atoms with Crippen LogP contribution in [0.1, 0.15) is 30.6 Å². The molecule has 0 spiro atoms. The van der Waals surface area contributed by atoms with Gasteiger partial charge in [-0.1, -0.05) is 6.92 Å². The Morgan fingerprint density at radius 2 is 2.05 bits per heavy atom. The summed E-state index contributed by atoms with van der Waals surface area (Å²) in [4.78, 5) is 13.9. The molecule has 1 aromatic carbocycles. The van der Waals surface area contributed by atoms with Gasteiger partial charge in [-0.05, 0) is 26.5 Å². The van der Waals surface area contributed by atoms with Crippen LogP contribution < -0.4 is 11.1 Å². The molecule has 0 fully saturated rings. The lowest BCUT2D eigenvalue weighted by Crippen LogP contribution is -2.37. The monoisotopic (exact) mass is 285 g/mol. The number of nitrogens with zero attached hydrogens (tertiary/aromatic N) is 1. The Bertz CT molecular complexity index is 480. The maximum absolute atomic E-state index is 13.5. The molecule has 0 aliphatic heterocycles. The Hall–Kier alpha value is -1.69. The maximum Gasteiger partial charge on any atom is 0.254 e. The van der Waals surface area contributed by atoms with Crippen molar-refractivity contribution in [2.45, 2.75) is 26.3 Å². The molecule has 1 atom stereocenters. The Kier molecular flexibility index (Phi) is 5.88. The van der Waals surface area contributed by atoms with Crippen molar-refractivity contribution >= 4 is 11.6 Å². The predicted molar refractivity (Wildman–Crippen MR) is 75.5 cm³/mol. The Morgan fingerprint density at radius 1 is 1.40 bits per heavy atom. The number of carbonyl (C=O) groups is 1. The summed E-state index contributed by atoms with van der Waals surface area (Å²) in [6.07, 6.45) is 1.01. The van der Waals surface area contributed by atoms with Crippen molar-refractivity contribution in [1.29, 1.82) is 0 Å². The average molecular weight is 285 g/mol. The first-order valence-corrected chi connectivity index (χ1v) is 6.59. The summed E-state index contributed by atoms with van der Waals surface area (Å²) in [6.45, 7) is 5.20. The third-order valence-corrected chi connectivity index (χ3v) is 3.42. The minimum Gasteiger partial charge on any atom is -0.396 e. The first kappa shape index (κ1) is 16.4. The molecule has 1 aromatic rings. The van der Waals surface area contributed by atoms with E-state index >= 15 is 0 Å². The molecular formula is C14H21F2N3O. The van der Waals surface area contributed by atoms with Crippen LogP contribution in [0.25, 0.3) is 0 Å². The molecular weight excluding hydrogens is 264 g/mol. The summed E-state index contributed by atoms with van der Waals surface area (Å²) in [6, 6.07) is 2.04. The first-order chi connectivity index (χ1) is 9.36. The number of carbonyl (C=O) groups excluding carboxylic acids is 1.